The van der Waals surface area contributed by atoms with Gasteiger partial charge in [0.15, 0.2) is 0 Å². The van der Waals surface area contributed by atoms with Crippen LogP contribution in [0.15, 0.2) is 29.8 Å². The molecule has 0 saturated carbocycles. The van der Waals surface area contributed by atoms with Crippen LogP contribution in [0.4, 0.5) is 0 Å². The van der Waals surface area contributed by atoms with Gasteiger partial charge in [0.25, 0.3) is 0 Å². The van der Waals surface area contributed by atoms with E-state index in [9.17, 15) is 0 Å². The summed E-state index contributed by atoms with van der Waals surface area (Å²) in [6, 6.07) is 6.50. The van der Waals surface area contributed by atoms with Crippen molar-refractivity contribution in [3.05, 3.63) is 46.2 Å². The van der Waals surface area contributed by atoms with Crippen molar-refractivity contribution in [1.29, 1.82) is 0 Å². The van der Waals surface area contributed by atoms with Gasteiger partial charge in [0, 0.05) is 23.9 Å². The van der Waals surface area contributed by atoms with E-state index in [0.717, 1.165) is 29.2 Å². The zero-order chi connectivity index (χ0) is 14.8. The largest absolute Gasteiger partial charge is 0.318 e. The number of thiazole rings is 1. The van der Waals surface area contributed by atoms with Crippen molar-refractivity contribution in [2.24, 2.45) is 0 Å². The zero-order valence-electron chi connectivity index (χ0n) is 12.2. The number of imidazole rings is 1. The summed E-state index contributed by atoms with van der Waals surface area (Å²) in [5.74, 6) is 1.63. The van der Waals surface area contributed by atoms with Crippen LogP contribution in [0.2, 0.25) is 0 Å². The zero-order valence-corrected chi connectivity index (χ0v) is 13.8. The standard InChI is InChI=1S/C16H18ClN3S/c1-3-13(16-18-9-10-21-16)20-14(7-8-17)19-12-6-4-5-11(2)15(12)20/h4-6,9-10,13H,3,7-8H2,1-2H3. The van der Waals surface area contributed by atoms with Crippen LogP contribution < -0.4 is 0 Å². The molecule has 1 aromatic carbocycles. The van der Waals surface area contributed by atoms with Crippen LogP contribution >= 0.6 is 22.9 Å². The molecule has 2 aromatic heterocycles. The van der Waals surface area contributed by atoms with E-state index >= 15 is 0 Å². The second-order valence-corrected chi connectivity index (χ2v) is 6.38. The Morgan fingerprint density at radius 1 is 1.38 bits per heavy atom. The summed E-state index contributed by atoms with van der Waals surface area (Å²) in [4.78, 5) is 9.32. The summed E-state index contributed by atoms with van der Waals surface area (Å²) in [6.45, 7) is 4.33. The lowest BCUT2D eigenvalue weighted by Gasteiger charge is -2.19. The van der Waals surface area contributed by atoms with E-state index in [-0.39, 0.29) is 6.04 Å². The quantitative estimate of drug-likeness (QED) is 0.644. The minimum absolute atomic E-state index is 0.231. The van der Waals surface area contributed by atoms with Gasteiger partial charge >= 0.3 is 0 Å². The van der Waals surface area contributed by atoms with Crippen molar-refractivity contribution in [2.75, 3.05) is 5.88 Å². The fraction of sp³-hybridized carbons (Fsp3) is 0.375. The van der Waals surface area contributed by atoms with Gasteiger partial charge in [0.1, 0.15) is 10.8 Å². The Morgan fingerprint density at radius 2 is 2.24 bits per heavy atom. The number of halogens is 1. The Balaban J connectivity index is 2.25. The van der Waals surface area contributed by atoms with Gasteiger partial charge in [-0.1, -0.05) is 19.1 Å². The summed E-state index contributed by atoms with van der Waals surface area (Å²) in [7, 11) is 0. The Bertz CT molecular complexity index is 733. The molecule has 5 heteroatoms. The number of nitrogens with zero attached hydrogens (tertiary/aromatic N) is 3. The molecule has 0 spiro atoms. The Morgan fingerprint density at radius 3 is 2.90 bits per heavy atom. The summed E-state index contributed by atoms with van der Waals surface area (Å²) >= 11 is 7.68. The second-order valence-electron chi connectivity index (χ2n) is 5.07. The number of hydrogen-bond donors (Lipinski definition) is 0. The number of fused-ring (bicyclic) bond motifs is 1. The van der Waals surface area contributed by atoms with Crippen LogP contribution in [-0.2, 0) is 6.42 Å². The summed E-state index contributed by atoms with van der Waals surface area (Å²) < 4.78 is 2.34. The van der Waals surface area contributed by atoms with Gasteiger partial charge in [0.2, 0.25) is 0 Å². The van der Waals surface area contributed by atoms with E-state index in [2.05, 4.69) is 41.6 Å². The second kappa shape index (κ2) is 6.16. The van der Waals surface area contributed by atoms with E-state index in [1.807, 2.05) is 11.6 Å². The first-order chi connectivity index (χ1) is 10.3. The monoisotopic (exact) mass is 319 g/mol. The van der Waals surface area contributed by atoms with Gasteiger partial charge in [0.05, 0.1) is 17.1 Å². The molecule has 0 bridgehead atoms. The maximum Gasteiger partial charge on any atom is 0.115 e. The van der Waals surface area contributed by atoms with E-state index < -0.39 is 0 Å². The van der Waals surface area contributed by atoms with Crippen LogP contribution in [0.1, 0.15) is 35.8 Å². The summed E-state index contributed by atoms with van der Waals surface area (Å²) in [5, 5.41) is 3.17. The first kappa shape index (κ1) is 14.5. The lowest BCUT2D eigenvalue weighted by molar-refractivity contribution is 0.555. The van der Waals surface area contributed by atoms with Crippen LogP contribution in [0.3, 0.4) is 0 Å². The minimum atomic E-state index is 0.231. The molecule has 0 saturated heterocycles. The highest BCUT2D eigenvalue weighted by molar-refractivity contribution is 7.09. The maximum absolute atomic E-state index is 5.98. The van der Waals surface area contributed by atoms with Gasteiger partial charge in [-0.3, -0.25) is 0 Å². The van der Waals surface area contributed by atoms with Gasteiger partial charge in [-0.25, -0.2) is 9.97 Å². The van der Waals surface area contributed by atoms with Crippen LogP contribution in [0, 0.1) is 6.92 Å². The fourth-order valence-electron chi connectivity index (χ4n) is 2.83. The van der Waals surface area contributed by atoms with Crippen molar-refractivity contribution < 1.29 is 0 Å². The lowest BCUT2D eigenvalue weighted by atomic mass is 10.1. The normalized spacial score (nSPS) is 12.9. The third-order valence-electron chi connectivity index (χ3n) is 3.74. The highest BCUT2D eigenvalue weighted by atomic mass is 35.5. The molecular weight excluding hydrogens is 302 g/mol. The first-order valence-corrected chi connectivity index (χ1v) is 8.59. The predicted octanol–water partition coefficient (Wildman–Crippen LogP) is 4.58. The predicted molar refractivity (Wildman–Crippen MR) is 89.4 cm³/mol. The summed E-state index contributed by atoms with van der Waals surface area (Å²) in [6.07, 6.45) is 3.63. The number of aromatic nitrogens is 3. The third kappa shape index (κ3) is 2.58. The van der Waals surface area contributed by atoms with Crippen molar-refractivity contribution in [2.45, 2.75) is 32.7 Å². The number of aryl methyl sites for hydroxylation is 2. The molecule has 3 rings (SSSR count). The molecule has 21 heavy (non-hydrogen) atoms. The minimum Gasteiger partial charge on any atom is -0.318 e. The van der Waals surface area contributed by atoms with Gasteiger partial charge in [-0.15, -0.1) is 22.9 Å². The third-order valence-corrected chi connectivity index (χ3v) is 4.80. The molecule has 3 aromatic rings. The molecule has 0 aliphatic carbocycles. The number of para-hydroxylation sites is 1. The topological polar surface area (TPSA) is 30.7 Å². The van der Waals surface area contributed by atoms with E-state index in [1.54, 1.807) is 11.3 Å². The number of rotatable bonds is 5. The van der Waals surface area contributed by atoms with Crippen molar-refractivity contribution in [3.8, 4) is 0 Å². The van der Waals surface area contributed by atoms with Crippen LogP contribution in [-0.4, -0.2) is 20.4 Å². The molecule has 0 amide bonds. The van der Waals surface area contributed by atoms with Crippen LogP contribution in [0.5, 0.6) is 0 Å². The van der Waals surface area contributed by atoms with E-state index in [4.69, 9.17) is 16.6 Å². The number of alkyl halides is 1. The highest BCUT2D eigenvalue weighted by Gasteiger charge is 2.21. The molecule has 2 heterocycles. The smallest absolute Gasteiger partial charge is 0.115 e. The molecule has 0 aliphatic rings. The van der Waals surface area contributed by atoms with Gasteiger partial charge < -0.3 is 4.57 Å². The molecule has 110 valence electrons. The molecule has 1 unspecified atom stereocenters. The van der Waals surface area contributed by atoms with Crippen molar-refractivity contribution >= 4 is 34.0 Å². The van der Waals surface area contributed by atoms with E-state index in [1.165, 1.54) is 11.1 Å². The molecule has 0 N–H and O–H groups in total. The Kier molecular flexibility index (Phi) is 4.27. The number of benzene rings is 1. The maximum atomic E-state index is 5.98. The molecule has 3 nitrogen and oxygen atoms in total. The van der Waals surface area contributed by atoms with Gasteiger partial charge in [-0.05, 0) is 25.0 Å². The highest BCUT2D eigenvalue weighted by Crippen LogP contribution is 2.31. The van der Waals surface area contributed by atoms with E-state index in [0.29, 0.717) is 5.88 Å². The first-order valence-electron chi connectivity index (χ1n) is 7.18. The summed E-state index contributed by atoms with van der Waals surface area (Å²) in [5.41, 5.74) is 3.50. The Labute approximate surface area is 133 Å². The SMILES string of the molecule is CCC(c1nccs1)n1c(CCCl)nc2cccc(C)c21. The van der Waals surface area contributed by atoms with Gasteiger partial charge in [-0.2, -0.15) is 0 Å². The lowest BCUT2D eigenvalue weighted by Crippen LogP contribution is -2.14. The average molecular weight is 320 g/mol. The molecule has 0 aliphatic heterocycles. The molecule has 0 fully saturated rings. The Hall–Kier alpha value is -1.39. The molecule has 0 radical (unpaired) electrons. The number of hydrogen-bond acceptors (Lipinski definition) is 3. The average Bonchev–Trinajstić information content (AvgIpc) is 3.10. The van der Waals surface area contributed by atoms with Crippen molar-refractivity contribution in [3.63, 3.8) is 0 Å². The van der Waals surface area contributed by atoms with Crippen molar-refractivity contribution in [1.82, 2.24) is 14.5 Å². The fourth-order valence-corrected chi connectivity index (χ4v) is 3.81. The molecule has 1 atom stereocenters. The van der Waals surface area contributed by atoms with Crippen LogP contribution in [0.25, 0.3) is 11.0 Å². The molecular formula is C16H18ClN3S.